The highest BCUT2D eigenvalue weighted by Crippen LogP contribution is 2.33. The predicted molar refractivity (Wildman–Crippen MR) is 50.9 cm³/mol. The molecule has 0 N–H and O–H groups in total. The van der Waals surface area contributed by atoms with Gasteiger partial charge < -0.3 is 14.2 Å². The fourth-order valence-corrected chi connectivity index (χ4v) is 1.90. The van der Waals surface area contributed by atoms with Crippen LogP contribution in [-0.2, 0) is 14.2 Å². The molecule has 1 radical (unpaired) electrons. The van der Waals surface area contributed by atoms with Crippen molar-refractivity contribution in [2.45, 2.75) is 44.0 Å². The first-order valence-electron chi connectivity index (χ1n) is 5.58. The van der Waals surface area contributed by atoms with E-state index in [0.717, 1.165) is 32.7 Å². The fraction of sp³-hybridized carbons (Fsp3) is 0.909. The highest BCUT2D eigenvalue weighted by Gasteiger charge is 2.33. The average Bonchev–Trinajstić information content (AvgIpc) is 2.92. The third-order valence-corrected chi connectivity index (χ3v) is 3.06. The van der Waals surface area contributed by atoms with Gasteiger partial charge >= 0.3 is 0 Å². The third-order valence-electron chi connectivity index (χ3n) is 3.06. The van der Waals surface area contributed by atoms with Crippen LogP contribution in [0, 0.1) is 5.92 Å². The van der Waals surface area contributed by atoms with Gasteiger partial charge in [-0.05, 0) is 31.6 Å². The fourth-order valence-electron chi connectivity index (χ4n) is 1.90. The lowest BCUT2D eigenvalue weighted by molar-refractivity contribution is 0.357. The van der Waals surface area contributed by atoms with E-state index in [1.54, 1.807) is 5.92 Å². The predicted octanol–water partition coefficient (Wildman–Crippen LogP) is 1.32. The van der Waals surface area contributed by atoms with Crippen LogP contribution in [-0.4, -0.2) is 38.1 Å². The van der Waals surface area contributed by atoms with E-state index in [2.05, 4.69) is 0 Å². The number of hydrogen-bond acceptors (Lipinski definition) is 3. The Bertz CT molecular complexity index is 181. The maximum absolute atomic E-state index is 5.27. The molecule has 0 aliphatic carbocycles. The smallest absolute Gasteiger partial charge is 0.0815 e. The zero-order valence-corrected chi connectivity index (χ0v) is 8.41. The Morgan fingerprint density at radius 3 is 1.79 bits per heavy atom. The quantitative estimate of drug-likeness (QED) is 0.578. The lowest BCUT2D eigenvalue weighted by Gasteiger charge is -2.12. The number of rotatable bonds is 7. The van der Waals surface area contributed by atoms with Crippen LogP contribution in [0.4, 0.5) is 0 Å². The minimum absolute atomic E-state index is 0.531. The largest absolute Gasteiger partial charge is 0.373 e. The standard InChI is InChI=1S/C11H17O3/c1(2-9-5-12-9)8(3-10-6-13-10)4-11-7-14-11/h9-11H,1-7H2. The summed E-state index contributed by atoms with van der Waals surface area (Å²) in [5.74, 6) is 1.63. The van der Waals surface area contributed by atoms with Crippen LogP contribution in [0.3, 0.4) is 0 Å². The van der Waals surface area contributed by atoms with Gasteiger partial charge in [-0.3, -0.25) is 0 Å². The number of hydrogen-bond donors (Lipinski definition) is 0. The lowest BCUT2D eigenvalue weighted by Crippen LogP contribution is -2.07. The molecule has 0 amide bonds. The van der Waals surface area contributed by atoms with Gasteiger partial charge in [0.2, 0.25) is 0 Å². The van der Waals surface area contributed by atoms with Crippen molar-refractivity contribution < 1.29 is 14.2 Å². The first-order chi connectivity index (χ1) is 6.90. The van der Waals surface area contributed by atoms with Gasteiger partial charge in [0.1, 0.15) is 0 Å². The van der Waals surface area contributed by atoms with E-state index in [-0.39, 0.29) is 0 Å². The zero-order valence-electron chi connectivity index (χ0n) is 8.41. The van der Waals surface area contributed by atoms with Crippen LogP contribution in [0.15, 0.2) is 0 Å². The molecule has 3 heteroatoms. The second-order valence-electron chi connectivity index (χ2n) is 4.56. The Balaban J connectivity index is 1.39. The van der Waals surface area contributed by atoms with Crippen molar-refractivity contribution in [1.29, 1.82) is 0 Å². The average molecular weight is 197 g/mol. The van der Waals surface area contributed by atoms with Crippen LogP contribution in [0.2, 0.25) is 0 Å². The summed E-state index contributed by atoms with van der Waals surface area (Å²) >= 11 is 0. The molecule has 3 aliphatic rings. The van der Waals surface area contributed by atoms with Crippen molar-refractivity contribution in [3.63, 3.8) is 0 Å². The molecule has 3 saturated heterocycles. The summed E-state index contributed by atoms with van der Waals surface area (Å²) in [6.07, 6.45) is 6.36. The lowest BCUT2D eigenvalue weighted by atomic mass is 9.92. The molecule has 0 aromatic heterocycles. The molecule has 0 aromatic carbocycles. The van der Waals surface area contributed by atoms with E-state index in [0.29, 0.717) is 18.3 Å². The minimum Gasteiger partial charge on any atom is -0.373 e. The molecule has 0 aromatic rings. The van der Waals surface area contributed by atoms with Gasteiger partial charge in [0.25, 0.3) is 0 Å². The van der Waals surface area contributed by atoms with E-state index in [9.17, 15) is 0 Å². The minimum atomic E-state index is 0.531. The number of epoxide rings is 3. The molecule has 3 nitrogen and oxygen atoms in total. The molecule has 3 rings (SSSR count). The Labute approximate surface area is 84.7 Å². The zero-order chi connectivity index (χ0) is 9.38. The van der Waals surface area contributed by atoms with E-state index < -0.39 is 0 Å². The first kappa shape index (κ1) is 9.13. The van der Waals surface area contributed by atoms with Crippen molar-refractivity contribution in [2.75, 3.05) is 19.8 Å². The SMILES string of the molecule is C(CC1CO1)[C](CC1CO1)CC1CO1. The molecule has 3 heterocycles. The monoisotopic (exact) mass is 197 g/mol. The molecule has 0 saturated carbocycles. The molecular formula is C11H17O3. The summed E-state index contributed by atoms with van der Waals surface area (Å²) in [4.78, 5) is 0. The summed E-state index contributed by atoms with van der Waals surface area (Å²) < 4.78 is 15.8. The maximum Gasteiger partial charge on any atom is 0.0815 e. The summed E-state index contributed by atoms with van der Waals surface area (Å²) in [5.41, 5.74) is 0. The second kappa shape index (κ2) is 3.80. The summed E-state index contributed by atoms with van der Waals surface area (Å²) in [5, 5.41) is 0. The van der Waals surface area contributed by atoms with Crippen molar-refractivity contribution in [3.05, 3.63) is 5.92 Å². The first-order valence-corrected chi connectivity index (χ1v) is 5.58. The van der Waals surface area contributed by atoms with E-state index in [4.69, 9.17) is 14.2 Å². The van der Waals surface area contributed by atoms with Gasteiger partial charge in [0.05, 0.1) is 38.1 Å². The van der Waals surface area contributed by atoms with Gasteiger partial charge in [-0.15, -0.1) is 0 Å². The van der Waals surface area contributed by atoms with E-state index in [1.807, 2.05) is 0 Å². The van der Waals surface area contributed by atoms with Crippen molar-refractivity contribution in [3.8, 4) is 0 Å². The molecule has 3 atom stereocenters. The van der Waals surface area contributed by atoms with Gasteiger partial charge in [-0.25, -0.2) is 0 Å². The van der Waals surface area contributed by atoms with Crippen molar-refractivity contribution >= 4 is 0 Å². The molecule has 3 aliphatic heterocycles. The van der Waals surface area contributed by atoms with Crippen LogP contribution in [0.25, 0.3) is 0 Å². The molecule has 0 bridgehead atoms. The summed E-state index contributed by atoms with van der Waals surface area (Å²) in [6, 6.07) is 0. The molecule has 0 spiro atoms. The second-order valence-corrected chi connectivity index (χ2v) is 4.56. The van der Waals surface area contributed by atoms with Crippen LogP contribution in [0.1, 0.15) is 25.7 Å². The van der Waals surface area contributed by atoms with E-state index >= 15 is 0 Å². The van der Waals surface area contributed by atoms with Gasteiger partial charge in [-0.1, -0.05) is 0 Å². The molecule has 14 heavy (non-hydrogen) atoms. The normalized spacial score (nSPS) is 38.8. The van der Waals surface area contributed by atoms with Crippen LogP contribution < -0.4 is 0 Å². The molecule has 3 unspecified atom stereocenters. The summed E-state index contributed by atoms with van der Waals surface area (Å²) in [7, 11) is 0. The molecular weight excluding hydrogens is 180 g/mol. The molecule has 3 fully saturated rings. The van der Waals surface area contributed by atoms with Crippen molar-refractivity contribution in [2.24, 2.45) is 0 Å². The topological polar surface area (TPSA) is 37.6 Å². The van der Waals surface area contributed by atoms with Gasteiger partial charge in [0.15, 0.2) is 0 Å². The maximum atomic E-state index is 5.27. The Morgan fingerprint density at radius 1 is 0.857 bits per heavy atom. The van der Waals surface area contributed by atoms with Gasteiger partial charge in [-0.2, -0.15) is 0 Å². The van der Waals surface area contributed by atoms with E-state index in [1.165, 1.54) is 12.8 Å². The van der Waals surface area contributed by atoms with Crippen molar-refractivity contribution in [1.82, 2.24) is 0 Å². The van der Waals surface area contributed by atoms with Gasteiger partial charge in [0, 0.05) is 0 Å². The third kappa shape index (κ3) is 2.94. The Morgan fingerprint density at radius 2 is 1.36 bits per heavy atom. The van der Waals surface area contributed by atoms with Crippen LogP contribution >= 0.6 is 0 Å². The highest BCUT2D eigenvalue weighted by molar-refractivity contribution is 4.99. The number of ether oxygens (including phenoxy) is 3. The Kier molecular flexibility index (Phi) is 2.48. The Hall–Kier alpha value is -0.120. The highest BCUT2D eigenvalue weighted by atomic mass is 16.6. The summed E-state index contributed by atoms with van der Waals surface area (Å²) in [6.45, 7) is 2.91. The van der Waals surface area contributed by atoms with Crippen LogP contribution in [0.5, 0.6) is 0 Å². The molecule has 79 valence electrons.